The summed E-state index contributed by atoms with van der Waals surface area (Å²) in [6.45, 7) is 5.15. The van der Waals surface area contributed by atoms with Crippen LogP contribution in [0.5, 0.6) is 0 Å². The molecular formula is C22H35F2NO2. The molecular weight excluding hydrogens is 348 g/mol. The third-order valence-electron chi connectivity index (χ3n) is 4.95. The number of hydrogen-bond acceptors (Lipinski definition) is 3. The van der Waals surface area contributed by atoms with Gasteiger partial charge in [-0.05, 0) is 17.9 Å². The van der Waals surface area contributed by atoms with Crippen molar-refractivity contribution in [2.24, 2.45) is 5.92 Å². The first-order valence-corrected chi connectivity index (χ1v) is 10.2. The Morgan fingerprint density at radius 1 is 1.07 bits per heavy atom. The average Bonchev–Trinajstić information content (AvgIpc) is 2.65. The topological polar surface area (TPSA) is 49.3 Å². The Bertz CT molecular complexity index is 534. The number of hydrogen-bond donors (Lipinski definition) is 2. The molecule has 0 aliphatic rings. The molecule has 0 aliphatic heterocycles. The largest absolute Gasteiger partial charge is 0.394 e. The van der Waals surface area contributed by atoms with Gasteiger partial charge in [0.05, 0.1) is 18.7 Å². The molecule has 0 bridgehead atoms. The highest BCUT2D eigenvalue weighted by Gasteiger charge is 2.48. The van der Waals surface area contributed by atoms with Crippen molar-refractivity contribution in [2.45, 2.75) is 83.7 Å². The van der Waals surface area contributed by atoms with E-state index in [2.05, 4.69) is 12.2 Å². The number of ketones is 1. The zero-order valence-corrected chi connectivity index (χ0v) is 16.9. The molecule has 0 aliphatic carbocycles. The molecule has 1 rings (SSSR count). The standard InChI is InChI=1S/C22H35F2NO2/c1-4-5-6-7-8-12-15-20(27)22(23,24)21(17(2)3)25-19(16-26)18-13-10-9-11-14-18/h9-11,13-14,17,19,21,25-26H,4-8,12,15-16H2,1-3H3/t19-,21?/m1/s1. The molecule has 0 radical (unpaired) electrons. The van der Waals surface area contributed by atoms with Gasteiger partial charge in [-0.25, -0.2) is 0 Å². The number of aliphatic hydroxyl groups excluding tert-OH is 1. The van der Waals surface area contributed by atoms with Crippen LogP contribution in [0.2, 0.25) is 0 Å². The highest BCUT2D eigenvalue weighted by atomic mass is 19.3. The molecule has 0 aromatic heterocycles. The van der Waals surface area contributed by atoms with E-state index >= 15 is 0 Å². The number of Topliss-reactive ketones (excluding diaryl/α,β-unsaturated/α-hetero) is 1. The molecule has 0 heterocycles. The van der Waals surface area contributed by atoms with Gasteiger partial charge in [0.25, 0.3) is 0 Å². The van der Waals surface area contributed by atoms with Gasteiger partial charge in [-0.1, -0.05) is 83.2 Å². The van der Waals surface area contributed by atoms with Gasteiger partial charge >= 0.3 is 5.92 Å². The fourth-order valence-electron chi connectivity index (χ4n) is 3.28. The summed E-state index contributed by atoms with van der Waals surface area (Å²) < 4.78 is 29.8. The minimum atomic E-state index is -3.46. The summed E-state index contributed by atoms with van der Waals surface area (Å²) in [5.41, 5.74) is 0.727. The van der Waals surface area contributed by atoms with Crippen LogP contribution >= 0.6 is 0 Å². The Hall–Kier alpha value is -1.33. The van der Waals surface area contributed by atoms with Gasteiger partial charge in [-0.3, -0.25) is 10.1 Å². The summed E-state index contributed by atoms with van der Waals surface area (Å²) in [5.74, 6) is -4.92. The molecule has 0 amide bonds. The van der Waals surface area contributed by atoms with E-state index in [1.807, 2.05) is 6.07 Å². The van der Waals surface area contributed by atoms with E-state index < -0.39 is 29.7 Å². The number of halogens is 2. The Morgan fingerprint density at radius 2 is 1.67 bits per heavy atom. The van der Waals surface area contributed by atoms with E-state index in [-0.39, 0.29) is 13.0 Å². The molecule has 27 heavy (non-hydrogen) atoms. The predicted octanol–water partition coefficient (Wildman–Crippen LogP) is 5.29. The lowest BCUT2D eigenvalue weighted by atomic mass is 9.91. The summed E-state index contributed by atoms with van der Waals surface area (Å²) in [5, 5.41) is 12.5. The van der Waals surface area contributed by atoms with Crippen molar-refractivity contribution in [2.75, 3.05) is 6.61 Å². The minimum Gasteiger partial charge on any atom is -0.394 e. The molecule has 2 N–H and O–H groups in total. The van der Waals surface area contributed by atoms with E-state index in [4.69, 9.17) is 0 Å². The van der Waals surface area contributed by atoms with Crippen molar-refractivity contribution in [3.8, 4) is 0 Å². The van der Waals surface area contributed by atoms with Crippen LogP contribution in [0.15, 0.2) is 30.3 Å². The Balaban J connectivity index is 2.71. The maximum Gasteiger partial charge on any atom is 0.320 e. The van der Waals surface area contributed by atoms with E-state index in [0.29, 0.717) is 6.42 Å². The van der Waals surface area contributed by atoms with Crippen molar-refractivity contribution >= 4 is 5.78 Å². The number of aliphatic hydroxyl groups is 1. The van der Waals surface area contributed by atoms with Crippen molar-refractivity contribution in [3.05, 3.63) is 35.9 Å². The summed E-state index contributed by atoms with van der Waals surface area (Å²) in [7, 11) is 0. The molecule has 1 aromatic carbocycles. The first kappa shape index (κ1) is 23.7. The number of alkyl halides is 2. The van der Waals surface area contributed by atoms with Crippen LogP contribution in [0.1, 0.15) is 77.3 Å². The molecule has 3 nitrogen and oxygen atoms in total. The summed E-state index contributed by atoms with van der Waals surface area (Å²) >= 11 is 0. The van der Waals surface area contributed by atoms with E-state index in [1.165, 1.54) is 0 Å². The lowest BCUT2D eigenvalue weighted by Gasteiger charge is -2.33. The molecule has 5 heteroatoms. The van der Waals surface area contributed by atoms with Crippen LogP contribution < -0.4 is 5.32 Å². The number of carbonyl (C=O) groups is 1. The van der Waals surface area contributed by atoms with Crippen LogP contribution in [0.4, 0.5) is 8.78 Å². The van der Waals surface area contributed by atoms with Gasteiger partial charge in [0.2, 0.25) is 5.78 Å². The van der Waals surface area contributed by atoms with Crippen LogP contribution in [0.25, 0.3) is 0 Å². The number of carbonyl (C=O) groups excluding carboxylic acids is 1. The SMILES string of the molecule is CCCCCCCCC(=O)C(F)(F)C(N[C@H](CO)c1ccccc1)C(C)C. The van der Waals surface area contributed by atoms with Crippen molar-refractivity contribution in [1.82, 2.24) is 5.32 Å². The second-order valence-corrected chi connectivity index (χ2v) is 7.60. The number of benzene rings is 1. The first-order chi connectivity index (χ1) is 12.8. The minimum absolute atomic E-state index is 0.0981. The van der Waals surface area contributed by atoms with Crippen LogP contribution in [-0.2, 0) is 4.79 Å². The zero-order valence-electron chi connectivity index (χ0n) is 16.9. The number of rotatable bonds is 14. The van der Waals surface area contributed by atoms with Crippen LogP contribution in [0, 0.1) is 5.92 Å². The maximum absolute atomic E-state index is 14.9. The van der Waals surface area contributed by atoms with Crippen molar-refractivity contribution in [1.29, 1.82) is 0 Å². The van der Waals surface area contributed by atoms with Crippen molar-refractivity contribution < 1.29 is 18.7 Å². The average molecular weight is 384 g/mol. The highest BCUT2D eigenvalue weighted by molar-refractivity contribution is 5.86. The Morgan fingerprint density at radius 3 is 2.22 bits per heavy atom. The lowest BCUT2D eigenvalue weighted by Crippen LogP contribution is -2.54. The van der Waals surface area contributed by atoms with E-state index in [1.54, 1.807) is 38.1 Å². The lowest BCUT2D eigenvalue weighted by molar-refractivity contribution is -0.150. The normalized spacial score (nSPS) is 14.3. The van der Waals surface area contributed by atoms with E-state index in [0.717, 1.165) is 37.7 Å². The fraction of sp³-hybridized carbons (Fsp3) is 0.682. The zero-order chi connectivity index (χ0) is 20.3. The second kappa shape index (κ2) is 12.2. The molecule has 1 aromatic rings. The molecule has 154 valence electrons. The van der Waals surface area contributed by atoms with Gasteiger partial charge in [-0.2, -0.15) is 8.78 Å². The van der Waals surface area contributed by atoms with Gasteiger partial charge in [-0.15, -0.1) is 0 Å². The first-order valence-electron chi connectivity index (χ1n) is 10.2. The molecule has 0 fully saturated rings. The quantitative estimate of drug-likeness (QED) is 0.429. The summed E-state index contributed by atoms with van der Waals surface area (Å²) in [4.78, 5) is 12.3. The van der Waals surface area contributed by atoms with Gasteiger partial charge < -0.3 is 5.11 Å². The van der Waals surface area contributed by atoms with Crippen LogP contribution in [0.3, 0.4) is 0 Å². The molecule has 0 spiro atoms. The molecule has 2 atom stereocenters. The van der Waals surface area contributed by atoms with Crippen molar-refractivity contribution in [3.63, 3.8) is 0 Å². The Labute approximate surface area is 162 Å². The summed E-state index contributed by atoms with van der Waals surface area (Å²) in [6.07, 6.45) is 5.57. The smallest absolute Gasteiger partial charge is 0.320 e. The number of unbranched alkanes of at least 4 members (excludes halogenated alkanes) is 5. The van der Waals surface area contributed by atoms with Gasteiger partial charge in [0.1, 0.15) is 0 Å². The molecule has 0 saturated heterocycles. The summed E-state index contributed by atoms with van der Waals surface area (Å²) in [6, 6.07) is 7.03. The monoisotopic (exact) mass is 383 g/mol. The third kappa shape index (κ3) is 7.67. The molecule has 1 unspecified atom stereocenters. The van der Waals surface area contributed by atoms with Crippen LogP contribution in [-0.4, -0.2) is 29.5 Å². The second-order valence-electron chi connectivity index (χ2n) is 7.60. The Kier molecular flexibility index (Phi) is 10.7. The predicted molar refractivity (Wildman–Crippen MR) is 106 cm³/mol. The molecule has 0 saturated carbocycles. The number of nitrogens with one attached hydrogen (secondary N) is 1. The fourth-order valence-corrected chi connectivity index (χ4v) is 3.28. The van der Waals surface area contributed by atoms with Gasteiger partial charge in [0, 0.05) is 6.42 Å². The third-order valence-corrected chi connectivity index (χ3v) is 4.95. The van der Waals surface area contributed by atoms with E-state index in [9.17, 15) is 18.7 Å². The maximum atomic E-state index is 14.9. The highest BCUT2D eigenvalue weighted by Crippen LogP contribution is 2.30. The van der Waals surface area contributed by atoms with Gasteiger partial charge in [0.15, 0.2) is 0 Å².